The predicted octanol–water partition coefficient (Wildman–Crippen LogP) is 2.95. The van der Waals surface area contributed by atoms with E-state index < -0.39 is 0 Å². The minimum atomic E-state index is -0.315. The molecule has 0 spiro atoms. The lowest BCUT2D eigenvalue weighted by Crippen LogP contribution is -2.25. The Hall–Kier alpha value is -3.29. The zero-order valence-electron chi connectivity index (χ0n) is 14.6. The molecule has 4 heterocycles. The molecule has 0 aliphatic carbocycles. The number of aryl methyl sites for hydroxylation is 3. The van der Waals surface area contributed by atoms with E-state index in [1.54, 1.807) is 44.0 Å². The Morgan fingerprint density at radius 2 is 2.23 bits per heavy atom. The SMILES string of the molecule is Cc1cc(C(=O)Nc2nn(C)c3c2[C@@H](c2ccco2)CC(=O)N3)c(C)o1. The summed E-state index contributed by atoms with van der Waals surface area (Å²) in [6.07, 6.45) is 1.78. The van der Waals surface area contributed by atoms with Gasteiger partial charge < -0.3 is 19.5 Å². The summed E-state index contributed by atoms with van der Waals surface area (Å²) in [4.78, 5) is 24.8. The zero-order chi connectivity index (χ0) is 18.4. The Bertz CT molecular complexity index is 997. The van der Waals surface area contributed by atoms with Gasteiger partial charge in [0.15, 0.2) is 5.82 Å². The number of nitrogens with one attached hydrogen (secondary N) is 2. The maximum atomic E-state index is 12.7. The molecule has 0 unspecified atom stereocenters. The minimum absolute atomic E-state index is 0.124. The quantitative estimate of drug-likeness (QED) is 0.753. The van der Waals surface area contributed by atoms with Gasteiger partial charge in [-0.25, -0.2) is 0 Å². The number of nitrogens with zero attached hydrogens (tertiary/aromatic N) is 2. The Labute approximate surface area is 149 Å². The summed E-state index contributed by atoms with van der Waals surface area (Å²) in [6, 6.07) is 5.27. The molecule has 8 heteroatoms. The monoisotopic (exact) mass is 354 g/mol. The molecular weight excluding hydrogens is 336 g/mol. The van der Waals surface area contributed by atoms with E-state index in [0.29, 0.717) is 34.5 Å². The number of aromatic nitrogens is 2. The van der Waals surface area contributed by atoms with Crippen molar-refractivity contribution in [1.82, 2.24) is 9.78 Å². The smallest absolute Gasteiger partial charge is 0.260 e. The third-order valence-electron chi connectivity index (χ3n) is 4.48. The zero-order valence-corrected chi connectivity index (χ0v) is 14.6. The number of fused-ring (bicyclic) bond motifs is 1. The van der Waals surface area contributed by atoms with Crippen LogP contribution in [0.15, 0.2) is 33.3 Å². The van der Waals surface area contributed by atoms with E-state index in [0.717, 1.165) is 5.56 Å². The van der Waals surface area contributed by atoms with E-state index in [1.807, 2.05) is 6.07 Å². The van der Waals surface area contributed by atoms with Crippen molar-refractivity contribution in [3.8, 4) is 0 Å². The number of furan rings is 2. The van der Waals surface area contributed by atoms with Crippen molar-refractivity contribution >= 4 is 23.5 Å². The van der Waals surface area contributed by atoms with E-state index in [-0.39, 0.29) is 24.2 Å². The van der Waals surface area contributed by atoms with Crippen molar-refractivity contribution in [3.63, 3.8) is 0 Å². The van der Waals surface area contributed by atoms with Crippen LogP contribution in [0.3, 0.4) is 0 Å². The molecule has 0 saturated heterocycles. The van der Waals surface area contributed by atoms with Gasteiger partial charge >= 0.3 is 0 Å². The largest absolute Gasteiger partial charge is 0.469 e. The first-order valence-electron chi connectivity index (χ1n) is 8.22. The highest BCUT2D eigenvalue weighted by Gasteiger charge is 2.35. The topological polar surface area (TPSA) is 102 Å². The van der Waals surface area contributed by atoms with Gasteiger partial charge in [0.05, 0.1) is 23.3 Å². The van der Waals surface area contributed by atoms with Gasteiger partial charge in [0, 0.05) is 13.5 Å². The molecule has 2 amide bonds. The summed E-state index contributed by atoms with van der Waals surface area (Å²) in [5.74, 6) is 2.06. The van der Waals surface area contributed by atoms with Crippen LogP contribution in [0.4, 0.5) is 11.6 Å². The third kappa shape index (κ3) is 2.59. The van der Waals surface area contributed by atoms with E-state index in [1.165, 1.54) is 0 Å². The number of carbonyl (C=O) groups excluding carboxylic acids is 2. The van der Waals surface area contributed by atoms with Crippen LogP contribution < -0.4 is 10.6 Å². The van der Waals surface area contributed by atoms with Crippen LogP contribution in [0.25, 0.3) is 0 Å². The van der Waals surface area contributed by atoms with Crippen LogP contribution in [0.1, 0.15) is 45.5 Å². The summed E-state index contributed by atoms with van der Waals surface area (Å²) >= 11 is 0. The number of anilines is 2. The molecule has 26 heavy (non-hydrogen) atoms. The van der Waals surface area contributed by atoms with Gasteiger partial charge in [-0.05, 0) is 32.0 Å². The fourth-order valence-electron chi connectivity index (χ4n) is 3.35. The van der Waals surface area contributed by atoms with Crippen LogP contribution in [0.5, 0.6) is 0 Å². The molecule has 0 radical (unpaired) electrons. The molecular formula is C18H18N4O4. The van der Waals surface area contributed by atoms with Crippen molar-refractivity contribution in [1.29, 1.82) is 0 Å². The molecule has 3 aromatic heterocycles. The van der Waals surface area contributed by atoms with Gasteiger partial charge in [-0.2, -0.15) is 5.10 Å². The molecule has 1 aliphatic heterocycles. The lowest BCUT2D eigenvalue weighted by atomic mass is 9.91. The molecule has 0 bridgehead atoms. The number of hydrogen-bond acceptors (Lipinski definition) is 5. The highest BCUT2D eigenvalue weighted by Crippen LogP contribution is 2.41. The Balaban J connectivity index is 1.74. The number of carbonyl (C=O) groups is 2. The second-order valence-corrected chi connectivity index (χ2v) is 6.34. The van der Waals surface area contributed by atoms with Gasteiger partial charge in [0.1, 0.15) is 23.1 Å². The summed E-state index contributed by atoms with van der Waals surface area (Å²) in [6.45, 7) is 3.52. The molecule has 0 aromatic carbocycles. The highest BCUT2D eigenvalue weighted by atomic mass is 16.3. The maximum absolute atomic E-state index is 12.7. The van der Waals surface area contributed by atoms with E-state index in [2.05, 4.69) is 15.7 Å². The third-order valence-corrected chi connectivity index (χ3v) is 4.48. The van der Waals surface area contributed by atoms with Gasteiger partial charge in [0.2, 0.25) is 5.91 Å². The Kier molecular flexibility index (Phi) is 3.68. The molecule has 3 aromatic rings. The van der Waals surface area contributed by atoms with Gasteiger partial charge in [-0.1, -0.05) is 0 Å². The average Bonchev–Trinajstić information content (AvgIpc) is 3.28. The predicted molar refractivity (Wildman–Crippen MR) is 93.1 cm³/mol. The summed E-state index contributed by atoms with van der Waals surface area (Å²) in [5.41, 5.74) is 1.18. The molecule has 0 saturated carbocycles. The lowest BCUT2D eigenvalue weighted by Gasteiger charge is -2.22. The summed E-state index contributed by atoms with van der Waals surface area (Å²) < 4.78 is 12.5. The molecule has 4 rings (SSSR count). The van der Waals surface area contributed by atoms with Crippen LogP contribution in [0, 0.1) is 13.8 Å². The first kappa shape index (κ1) is 16.2. The fraction of sp³-hybridized carbons (Fsp3) is 0.278. The second kappa shape index (κ2) is 5.91. The molecule has 2 N–H and O–H groups in total. The van der Waals surface area contributed by atoms with E-state index >= 15 is 0 Å². The standard InChI is InChI=1S/C18H18N4O4/c1-9-7-11(10(2)26-9)18(24)20-16-15-12(13-5-4-6-25-13)8-14(23)19-17(15)22(3)21-16/h4-7,12H,8H2,1-3H3,(H,19,23)(H,20,21,24)/t12-/m1/s1. The number of amides is 2. The second-order valence-electron chi connectivity index (χ2n) is 6.34. The van der Waals surface area contributed by atoms with Crippen LogP contribution in [-0.2, 0) is 11.8 Å². The lowest BCUT2D eigenvalue weighted by molar-refractivity contribution is -0.116. The summed E-state index contributed by atoms with van der Waals surface area (Å²) in [7, 11) is 1.71. The first-order chi connectivity index (χ1) is 12.4. The van der Waals surface area contributed by atoms with Gasteiger partial charge in [-0.3, -0.25) is 14.3 Å². The first-order valence-corrected chi connectivity index (χ1v) is 8.22. The van der Waals surface area contributed by atoms with Crippen LogP contribution >= 0.6 is 0 Å². The number of rotatable bonds is 3. The van der Waals surface area contributed by atoms with Crippen LogP contribution in [-0.4, -0.2) is 21.6 Å². The van der Waals surface area contributed by atoms with Crippen molar-refractivity contribution in [2.45, 2.75) is 26.2 Å². The van der Waals surface area contributed by atoms with Crippen molar-refractivity contribution < 1.29 is 18.4 Å². The molecule has 0 fully saturated rings. The van der Waals surface area contributed by atoms with Crippen molar-refractivity contribution in [2.24, 2.45) is 7.05 Å². The number of hydrogen-bond donors (Lipinski definition) is 2. The molecule has 1 atom stereocenters. The van der Waals surface area contributed by atoms with Crippen molar-refractivity contribution in [3.05, 3.63) is 52.9 Å². The fourth-order valence-corrected chi connectivity index (χ4v) is 3.35. The molecule has 8 nitrogen and oxygen atoms in total. The molecule has 1 aliphatic rings. The van der Waals surface area contributed by atoms with Gasteiger partial charge in [-0.15, -0.1) is 0 Å². The minimum Gasteiger partial charge on any atom is -0.469 e. The highest BCUT2D eigenvalue weighted by molar-refractivity contribution is 6.06. The molecule has 134 valence electrons. The van der Waals surface area contributed by atoms with Crippen molar-refractivity contribution in [2.75, 3.05) is 10.6 Å². The Morgan fingerprint density at radius 3 is 2.88 bits per heavy atom. The average molecular weight is 354 g/mol. The Morgan fingerprint density at radius 1 is 1.42 bits per heavy atom. The van der Waals surface area contributed by atoms with Crippen LogP contribution in [0.2, 0.25) is 0 Å². The van der Waals surface area contributed by atoms with E-state index in [4.69, 9.17) is 8.83 Å². The van der Waals surface area contributed by atoms with Gasteiger partial charge in [0.25, 0.3) is 5.91 Å². The normalized spacial score (nSPS) is 16.3. The summed E-state index contributed by atoms with van der Waals surface area (Å²) in [5, 5.41) is 10.0. The maximum Gasteiger partial charge on any atom is 0.260 e. The van der Waals surface area contributed by atoms with E-state index in [9.17, 15) is 9.59 Å².